The summed E-state index contributed by atoms with van der Waals surface area (Å²) in [4.78, 5) is 35.1. The van der Waals surface area contributed by atoms with Crippen LogP contribution in [-0.4, -0.2) is 50.4 Å². The number of halogens is 1. The van der Waals surface area contributed by atoms with Crippen LogP contribution in [0.2, 0.25) is 5.15 Å². The SMILES string of the molecule is CCCCCSc1nc2c(Cl)nc(NC(C)=O)nc2n1COCCOC(C)=O. The third-order valence-electron chi connectivity index (χ3n) is 3.54. The summed E-state index contributed by atoms with van der Waals surface area (Å²) >= 11 is 7.83. The summed E-state index contributed by atoms with van der Waals surface area (Å²) < 4.78 is 12.2. The topological polar surface area (TPSA) is 108 Å². The largest absolute Gasteiger partial charge is 0.463 e. The van der Waals surface area contributed by atoms with Crippen molar-refractivity contribution in [2.45, 2.75) is 51.9 Å². The van der Waals surface area contributed by atoms with Crippen LogP contribution >= 0.6 is 23.4 Å². The van der Waals surface area contributed by atoms with Crippen LogP contribution in [0.1, 0.15) is 40.0 Å². The van der Waals surface area contributed by atoms with Gasteiger partial charge in [0.05, 0.1) is 6.61 Å². The molecule has 0 aromatic carbocycles. The third-order valence-corrected chi connectivity index (χ3v) is 4.86. The van der Waals surface area contributed by atoms with E-state index in [4.69, 9.17) is 21.1 Å². The van der Waals surface area contributed by atoms with Gasteiger partial charge in [-0.3, -0.25) is 19.5 Å². The number of imidazole rings is 1. The fourth-order valence-electron chi connectivity index (χ4n) is 2.30. The van der Waals surface area contributed by atoms with E-state index >= 15 is 0 Å². The molecule has 28 heavy (non-hydrogen) atoms. The molecule has 0 spiro atoms. The van der Waals surface area contributed by atoms with E-state index in [2.05, 4.69) is 27.2 Å². The molecular weight excluding hydrogens is 406 g/mol. The molecule has 154 valence electrons. The highest BCUT2D eigenvalue weighted by Crippen LogP contribution is 2.28. The number of anilines is 1. The van der Waals surface area contributed by atoms with Crippen LogP contribution in [0.25, 0.3) is 11.2 Å². The minimum Gasteiger partial charge on any atom is -0.463 e. The van der Waals surface area contributed by atoms with Gasteiger partial charge in [-0.15, -0.1) is 0 Å². The second kappa shape index (κ2) is 11.2. The number of rotatable bonds is 11. The summed E-state index contributed by atoms with van der Waals surface area (Å²) in [5.74, 6) is 0.346. The monoisotopic (exact) mass is 429 g/mol. The van der Waals surface area contributed by atoms with E-state index in [1.54, 1.807) is 16.3 Å². The highest BCUT2D eigenvalue weighted by atomic mass is 35.5. The van der Waals surface area contributed by atoms with Gasteiger partial charge in [0.25, 0.3) is 0 Å². The zero-order valence-corrected chi connectivity index (χ0v) is 17.7. The van der Waals surface area contributed by atoms with Gasteiger partial charge >= 0.3 is 5.97 Å². The molecule has 0 saturated carbocycles. The zero-order chi connectivity index (χ0) is 20.5. The Bertz CT molecular complexity index is 829. The molecule has 11 heteroatoms. The molecule has 2 aromatic heterocycles. The molecule has 2 rings (SSSR count). The van der Waals surface area contributed by atoms with E-state index in [1.165, 1.54) is 13.8 Å². The first-order chi connectivity index (χ1) is 13.4. The molecule has 9 nitrogen and oxygen atoms in total. The van der Waals surface area contributed by atoms with Crippen molar-refractivity contribution in [1.29, 1.82) is 0 Å². The van der Waals surface area contributed by atoms with Gasteiger partial charge in [0, 0.05) is 19.6 Å². The minimum absolute atomic E-state index is 0.105. The summed E-state index contributed by atoms with van der Waals surface area (Å²) in [7, 11) is 0. The molecule has 0 atom stereocenters. The lowest BCUT2D eigenvalue weighted by molar-refractivity contribution is -0.142. The van der Waals surface area contributed by atoms with Crippen molar-refractivity contribution in [3.05, 3.63) is 5.15 Å². The Morgan fingerprint density at radius 3 is 2.64 bits per heavy atom. The smallest absolute Gasteiger partial charge is 0.302 e. The van der Waals surface area contributed by atoms with Crippen molar-refractivity contribution in [3.8, 4) is 0 Å². The van der Waals surface area contributed by atoms with Gasteiger partial charge in [-0.2, -0.15) is 9.97 Å². The molecule has 0 aliphatic rings. The number of hydrogen-bond donors (Lipinski definition) is 1. The first-order valence-electron chi connectivity index (χ1n) is 8.97. The second-order valence-corrected chi connectivity index (χ2v) is 7.37. The van der Waals surface area contributed by atoms with E-state index in [0.717, 1.165) is 25.0 Å². The molecular formula is C17H24ClN5O4S. The predicted octanol–water partition coefficient (Wildman–Crippen LogP) is 3.26. The highest BCUT2D eigenvalue weighted by molar-refractivity contribution is 7.99. The zero-order valence-electron chi connectivity index (χ0n) is 16.2. The number of esters is 1. The fraction of sp³-hybridized carbons (Fsp3) is 0.588. The Labute approximate surface area is 172 Å². The fourth-order valence-corrected chi connectivity index (χ4v) is 3.49. The van der Waals surface area contributed by atoms with Crippen molar-refractivity contribution >= 4 is 52.4 Å². The average Bonchev–Trinajstić information content (AvgIpc) is 2.96. The lowest BCUT2D eigenvalue weighted by atomic mass is 10.3. The third kappa shape index (κ3) is 6.61. The van der Waals surface area contributed by atoms with E-state index < -0.39 is 0 Å². The number of amides is 1. The van der Waals surface area contributed by atoms with Gasteiger partial charge in [-0.05, 0) is 6.42 Å². The molecule has 2 aromatic rings. The molecule has 0 unspecified atom stereocenters. The van der Waals surface area contributed by atoms with Crippen molar-refractivity contribution in [3.63, 3.8) is 0 Å². The molecule has 0 fully saturated rings. The van der Waals surface area contributed by atoms with Gasteiger partial charge in [0.2, 0.25) is 11.9 Å². The Kier molecular flexibility index (Phi) is 8.94. The van der Waals surface area contributed by atoms with Crippen LogP contribution < -0.4 is 5.32 Å². The number of nitrogens with one attached hydrogen (secondary N) is 1. The standard InChI is InChI=1S/C17H24ClN5O4S/c1-4-5-6-9-28-17-20-13-14(18)21-16(19-11(2)24)22-15(13)23(17)10-26-7-8-27-12(3)25/h4-10H2,1-3H3,(H,19,21,22,24). The normalized spacial score (nSPS) is 11.0. The van der Waals surface area contributed by atoms with E-state index in [1.807, 2.05) is 0 Å². The number of ether oxygens (including phenoxy) is 2. The molecule has 1 N–H and O–H groups in total. The van der Waals surface area contributed by atoms with Crippen molar-refractivity contribution in [1.82, 2.24) is 19.5 Å². The maximum atomic E-state index is 11.3. The van der Waals surface area contributed by atoms with Gasteiger partial charge in [-0.1, -0.05) is 43.1 Å². The van der Waals surface area contributed by atoms with E-state index in [9.17, 15) is 9.59 Å². The van der Waals surface area contributed by atoms with Crippen LogP contribution in [0.4, 0.5) is 5.95 Å². The van der Waals surface area contributed by atoms with Crippen LogP contribution in [0.15, 0.2) is 5.16 Å². The lowest BCUT2D eigenvalue weighted by Gasteiger charge is -2.10. The molecule has 0 radical (unpaired) electrons. The number of unbranched alkanes of at least 4 members (excludes halogenated alkanes) is 2. The lowest BCUT2D eigenvalue weighted by Crippen LogP contribution is -2.13. The van der Waals surface area contributed by atoms with Crippen molar-refractivity contribution in [2.24, 2.45) is 0 Å². The Morgan fingerprint density at radius 1 is 1.18 bits per heavy atom. The summed E-state index contributed by atoms with van der Waals surface area (Å²) in [6.07, 6.45) is 3.33. The van der Waals surface area contributed by atoms with Gasteiger partial charge < -0.3 is 9.47 Å². The van der Waals surface area contributed by atoms with Crippen LogP contribution in [0, 0.1) is 0 Å². The minimum atomic E-state index is -0.358. The number of aromatic nitrogens is 4. The second-order valence-electron chi connectivity index (χ2n) is 5.95. The Hall–Kier alpha value is -1.91. The Balaban J connectivity index is 2.23. The molecule has 0 saturated heterocycles. The van der Waals surface area contributed by atoms with Crippen LogP contribution in [-0.2, 0) is 25.8 Å². The van der Waals surface area contributed by atoms with E-state index in [-0.39, 0.29) is 42.9 Å². The summed E-state index contributed by atoms with van der Waals surface area (Å²) in [5.41, 5.74) is 0.909. The molecule has 1 amide bonds. The first-order valence-corrected chi connectivity index (χ1v) is 10.3. The average molecular weight is 430 g/mol. The number of carbonyl (C=O) groups is 2. The van der Waals surface area contributed by atoms with Gasteiger partial charge in [-0.25, -0.2) is 4.98 Å². The van der Waals surface area contributed by atoms with E-state index in [0.29, 0.717) is 16.3 Å². The summed E-state index contributed by atoms with van der Waals surface area (Å²) in [5, 5.41) is 3.39. The number of hydrogen-bond acceptors (Lipinski definition) is 8. The van der Waals surface area contributed by atoms with Gasteiger partial charge in [0.15, 0.2) is 16.0 Å². The quantitative estimate of drug-likeness (QED) is 0.251. The van der Waals surface area contributed by atoms with Crippen LogP contribution in [0.5, 0.6) is 0 Å². The Morgan fingerprint density at radius 2 is 1.96 bits per heavy atom. The number of nitrogens with zero attached hydrogens (tertiary/aromatic N) is 4. The van der Waals surface area contributed by atoms with Crippen molar-refractivity contribution in [2.75, 3.05) is 24.3 Å². The number of carbonyl (C=O) groups excluding carboxylic acids is 2. The van der Waals surface area contributed by atoms with Crippen LogP contribution in [0.3, 0.4) is 0 Å². The van der Waals surface area contributed by atoms with Crippen molar-refractivity contribution < 1.29 is 19.1 Å². The summed E-state index contributed by atoms with van der Waals surface area (Å²) in [6.45, 7) is 5.41. The molecule has 0 aliphatic carbocycles. The highest BCUT2D eigenvalue weighted by Gasteiger charge is 2.18. The molecule has 0 aliphatic heterocycles. The number of thioether (sulfide) groups is 1. The maximum Gasteiger partial charge on any atom is 0.302 e. The van der Waals surface area contributed by atoms with Gasteiger partial charge in [0.1, 0.15) is 18.9 Å². The summed E-state index contributed by atoms with van der Waals surface area (Å²) in [6, 6.07) is 0. The maximum absolute atomic E-state index is 11.3. The first kappa shape index (κ1) is 22.4. The number of fused-ring (bicyclic) bond motifs is 1. The molecule has 0 bridgehead atoms. The predicted molar refractivity (Wildman–Crippen MR) is 107 cm³/mol. The molecule has 2 heterocycles.